The number of aliphatic hydroxyl groups is 1. The molecule has 0 spiro atoms. The minimum atomic E-state index is -1.66. The van der Waals surface area contributed by atoms with Crippen LogP contribution in [0.1, 0.15) is 51.0 Å². The van der Waals surface area contributed by atoms with Crippen molar-refractivity contribution in [2.24, 2.45) is 27.9 Å². The average Bonchev–Trinajstić information content (AvgIpc) is 3.33. The van der Waals surface area contributed by atoms with Crippen LogP contribution in [0.3, 0.4) is 0 Å². The molecule has 1 aromatic rings. The van der Waals surface area contributed by atoms with E-state index in [0.717, 1.165) is 0 Å². The van der Waals surface area contributed by atoms with Gasteiger partial charge in [-0.25, -0.2) is 4.79 Å². The first-order valence-electron chi connectivity index (χ1n) is 22.2. The quantitative estimate of drug-likeness (QED) is 0.0131. The van der Waals surface area contributed by atoms with Crippen molar-refractivity contribution in [1.82, 2.24) is 42.5 Å². The fourth-order valence-electron chi connectivity index (χ4n) is 6.17. The highest BCUT2D eigenvalue weighted by Crippen LogP contribution is 2.10. The molecule has 0 saturated heterocycles. The number of primary amides is 1. The number of carbonyl (C=O) groups excluding carboxylic acids is 9. The lowest BCUT2D eigenvalue weighted by Gasteiger charge is -2.27. The molecule has 25 nitrogen and oxygen atoms in total. The Bertz CT molecular complexity index is 1970. The zero-order valence-corrected chi connectivity index (χ0v) is 43.1. The number of carboxylic acid groups (broad SMARTS) is 1. The third-order valence-corrected chi connectivity index (χ3v) is 12.2. The van der Waals surface area contributed by atoms with Gasteiger partial charge in [-0.3, -0.25) is 48.1 Å². The van der Waals surface area contributed by atoms with Gasteiger partial charge in [0.25, 0.3) is 0 Å². The number of amides is 9. The van der Waals surface area contributed by atoms with Gasteiger partial charge in [-0.15, -0.1) is 0 Å². The van der Waals surface area contributed by atoms with E-state index in [1.54, 1.807) is 42.8 Å². The number of carbonyl (C=O) groups is 10. The maximum absolute atomic E-state index is 14.1. The molecule has 0 heterocycles. The fourth-order valence-corrected chi connectivity index (χ4v) is 7.53. The number of benzene rings is 1. The first-order valence-corrected chi connectivity index (χ1v) is 26.3. The van der Waals surface area contributed by atoms with Crippen LogP contribution in [0.25, 0.3) is 0 Å². The summed E-state index contributed by atoms with van der Waals surface area (Å²) in [5.41, 5.74) is 22.4. The second kappa shape index (κ2) is 34.8. The van der Waals surface area contributed by atoms with Gasteiger partial charge in [0, 0.05) is 30.9 Å². The first-order chi connectivity index (χ1) is 33.6. The van der Waals surface area contributed by atoms with Gasteiger partial charge in [-0.1, -0.05) is 30.3 Å². The molecule has 71 heavy (non-hydrogen) atoms. The molecule has 0 aliphatic carbocycles. The molecule has 0 saturated carbocycles. The number of nitrogens with zero attached hydrogens (tertiary/aromatic N) is 1. The zero-order valence-electron chi connectivity index (χ0n) is 39.7. The van der Waals surface area contributed by atoms with Crippen LogP contribution in [-0.2, 0) is 54.4 Å². The molecular weight excluding hydrogens is 1010 g/mol. The monoisotopic (exact) mass is 1080 g/mol. The van der Waals surface area contributed by atoms with Gasteiger partial charge in [-0.05, 0) is 68.6 Å². The molecule has 29 heteroatoms. The third-order valence-electron chi connectivity index (χ3n) is 10.2. The molecule has 0 aliphatic rings. The van der Waals surface area contributed by atoms with E-state index in [2.05, 4.69) is 72.8 Å². The summed E-state index contributed by atoms with van der Waals surface area (Å²) in [6, 6.07) is -3.60. The fraction of sp³-hybridized carbons (Fsp3) is 0.595. The lowest BCUT2D eigenvalue weighted by Crippen LogP contribution is -2.61. The van der Waals surface area contributed by atoms with Crippen molar-refractivity contribution in [2.45, 2.75) is 106 Å². The van der Waals surface area contributed by atoms with Gasteiger partial charge in [0.1, 0.15) is 48.3 Å². The van der Waals surface area contributed by atoms with E-state index < -0.39 is 120 Å². The summed E-state index contributed by atoms with van der Waals surface area (Å²) in [4.78, 5) is 135. The van der Waals surface area contributed by atoms with Crippen molar-refractivity contribution in [2.75, 3.05) is 48.7 Å². The highest BCUT2D eigenvalue weighted by atomic mass is 32.2. The number of carboxylic acids is 1. The van der Waals surface area contributed by atoms with Gasteiger partial charge in [0.05, 0.1) is 12.6 Å². The summed E-state index contributed by atoms with van der Waals surface area (Å²) < 4.78 is 0. The molecule has 0 radical (unpaired) electrons. The van der Waals surface area contributed by atoms with Crippen LogP contribution in [-0.4, -0.2) is 178 Å². The van der Waals surface area contributed by atoms with Crippen molar-refractivity contribution in [3.8, 4) is 0 Å². The minimum absolute atomic E-state index is 0.00754. The molecule has 398 valence electrons. The summed E-state index contributed by atoms with van der Waals surface area (Å²) in [6.07, 6.45) is 3.05. The second-order valence-electron chi connectivity index (χ2n) is 15.9. The minimum Gasteiger partial charge on any atom is -0.480 e. The van der Waals surface area contributed by atoms with E-state index in [1.165, 1.54) is 30.4 Å². The summed E-state index contributed by atoms with van der Waals surface area (Å²) in [6.45, 7) is 0.443. The lowest BCUT2D eigenvalue weighted by molar-refractivity contribution is -0.141. The maximum Gasteiger partial charge on any atom is 0.327 e. The summed E-state index contributed by atoms with van der Waals surface area (Å²) in [5.74, 6) is -8.87. The van der Waals surface area contributed by atoms with Crippen LogP contribution in [0.15, 0.2) is 35.3 Å². The van der Waals surface area contributed by atoms with Gasteiger partial charge in [0.15, 0.2) is 5.96 Å². The molecule has 1 rings (SSSR count). The van der Waals surface area contributed by atoms with Crippen molar-refractivity contribution in [3.63, 3.8) is 0 Å². The SMILES string of the molecule is CSCC[C@H](NC(=O)[C@H](CO)NC(=O)[C@H](CCSC)NC(=O)[C@H](CCC(N)=O)NC(=O)[C@@H](N)CS)C(=O)N[C@@H](Cc1ccccc1)C(=O)N[C@@H](C)C(=O)N[C@@H](CCCN=C(N)N)C(=O)N[C@@H](CS)C(=O)O. The molecule has 18 N–H and O–H groups in total. The Hall–Kier alpha value is -5.49. The van der Waals surface area contributed by atoms with Crippen molar-refractivity contribution >= 4 is 114 Å². The predicted octanol–water partition coefficient (Wildman–Crippen LogP) is -4.78. The van der Waals surface area contributed by atoms with E-state index >= 15 is 0 Å². The van der Waals surface area contributed by atoms with Gasteiger partial charge >= 0.3 is 5.97 Å². The van der Waals surface area contributed by atoms with Gasteiger partial charge in [-0.2, -0.15) is 48.8 Å². The van der Waals surface area contributed by atoms with E-state index in [0.29, 0.717) is 17.1 Å². The second-order valence-corrected chi connectivity index (χ2v) is 18.6. The topological polar surface area (TPSA) is 424 Å². The highest BCUT2D eigenvalue weighted by molar-refractivity contribution is 7.98. The van der Waals surface area contributed by atoms with Crippen molar-refractivity contribution < 1.29 is 58.2 Å². The summed E-state index contributed by atoms with van der Waals surface area (Å²) in [5, 5.41) is 39.6. The Morgan fingerprint density at radius 2 is 1.03 bits per heavy atom. The number of guanidine groups is 1. The molecule has 1 aromatic carbocycles. The zero-order chi connectivity index (χ0) is 53.6. The smallest absolute Gasteiger partial charge is 0.327 e. The Balaban J connectivity index is 3.35. The number of aliphatic carboxylic acids is 1. The van der Waals surface area contributed by atoms with E-state index in [9.17, 15) is 58.2 Å². The number of aliphatic imine (C=N–C) groups is 1. The number of nitrogens with one attached hydrogen (secondary N) is 8. The molecule has 0 aliphatic heterocycles. The van der Waals surface area contributed by atoms with Gasteiger partial charge < -0.3 is 75.7 Å². The number of aliphatic hydroxyl groups excluding tert-OH is 1. The molecule has 0 aromatic heterocycles. The van der Waals surface area contributed by atoms with Crippen LogP contribution in [0.4, 0.5) is 0 Å². The van der Waals surface area contributed by atoms with Crippen LogP contribution >= 0.6 is 48.8 Å². The van der Waals surface area contributed by atoms with Crippen LogP contribution < -0.4 is 65.5 Å². The molecule has 9 atom stereocenters. The Labute approximate surface area is 431 Å². The number of hydrogen-bond acceptors (Lipinski definition) is 17. The molecule has 9 amide bonds. The summed E-state index contributed by atoms with van der Waals surface area (Å²) in [7, 11) is 0. The number of rotatable bonds is 35. The number of hydrogen-bond donors (Lipinski definition) is 16. The maximum atomic E-state index is 14.1. The Morgan fingerprint density at radius 3 is 1.49 bits per heavy atom. The number of thiol groups is 2. The average molecular weight is 1080 g/mol. The molecule has 0 fully saturated rings. The Kier molecular flexibility index (Phi) is 31.1. The predicted molar refractivity (Wildman–Crippen MR) is 276 cm³/mol. The normalized spacial score (nSPS) is 14.7. The van der Waals surface area contributed by atoms with E-state index in [4.69, 9.17) is 22.9 Å². The molecular formula is C42H69N13O12S4. The standard InChI is InChI=1S/C42H69N13O12S4/c1-22(33(58)49-25(10-7-15-47-42(45)46)35(60)55-31(21-69)41(66)67)48-39(64)29(18-23-8-5-4-6-9-23)53-37(62)27(13-16-70-2)52-40(65)30(19-56)54-38(63)28(14-17-71-3)51-36(61)26(11-12-32(44)57)50-34(59)24(43)20-68/h4-6,8-9,22,24-31,56,68-69H,7,10-21,43H2,1-3H3,(H2,44,57)(H,48,64)(H,49,58)(H,50,59)(H,51,61)(H,52,65)(H,53,62)(H,54,63)(H,55,60)(H,66,67)(H4,45,46,47)/t22-,24-,25-,26-,27-,28-,29-,30-,31-/m0/s1. The number of nitrogens with two attached hydrogens (primary N) is 4. The lowest BCUT2D eigenvalue weighted by atomic mass is 10.0. The van der Waals surface area contributed by atoms with E-state index in [1.807, 2.05) is 0 Å². The van der Waals surface area contributed by atoms with Crippen molar-refractivity contribution in [3.05, 3.63) is 35.9 Å². The molecule has 0 unspecified atom stereocenters. The summed E-state index contributed by atoms with van der Waals surface area (Å²) >= 11 is 10.6. The van der Waals surface area contributed by atoms with Crippen LogP contribution in [0.2, 0.25) is 0 Å². The first kappa shape index (κ1) is 63.5. The van der Waals surface area contributed by atoms with Crippen LogP contribution in [0.5, 0.6) is 0 Å². The number of thioether (sulfide) groups is 2. The largest absolute Gasteiger partial charge is 0.480 e. The van der Waals surface area contributed by atoms with Gasteiger partial charge in [0.2, 0.25) is 53.2 Å². The highest BCUT2D eigenvalue weighted by Gasteiger charge is 2.34. The van der Waals surface area contributed by atoms with Crippen molar-refractivity contribution in [1.29, 1.82) is 0 Å². The van der Waals surface area contributed by atoms with Crippen LogP contribution in [0, 0.1) is 0 Å². The third kappa shape index (κ3) is 25.0. The Morgan fingerprint density at radius 1 is 0.592 bits per heavy atom. The molecule has 0 bridgehead atoms. The van der Waals surface area contributed by atoms with E-state index in [-0.39, 0.29) is 69.0 Å².